The molecular formula is C25H19F2N3O3S. The molecule has 172 valence electrons. The van der Waals surface area contributed by atoms with E-state index in [0.717, 1.165) is 28.5 Å². The highest BCUT2D eigenvalue weighted by Crippen LogP contribution is 2.24. The number of nitrogens with one attached hydrogen (secondary N) is 1. The summed E-state index contributed by atoms with van der Waals surface area (Å²) in [7, 11) is 0. The lowest BCUT2D eigenvalue weighted by molar-refractivity contribution is -0.115. The maximum absolute atomic E-state index is 14.6. The molecule has 1 heterocycles. The van der Waals surface area contributed by atoms with Crippen molar-refractivity contribution in [2.24, 2.45) is 0 Å². The van der Waals surface area contributed by atoms with Crippen LogP contribution in [0.25, 0.3) is 16.6 Å². The van der Waals surface area contributed by atoms with Crippen molar-refractivity contribution in [1.29, 1.82) is 0 Å². The van der Waals surface area contributed by atoms with Gasteiger partial charge in [0.05, 0.1) is 22.3 Å². The van der Waals surface area contributed by atoms with E-state index in [1.165, 1.54) is 0 Å². The number of amides is 1. The Morgan fingerprint density at radius 3 is 2.47 bits per heavy atom. The van der Waals surface area contributed by atoms with E-state index in [4.69, 9.17) is 0 Å². The van der Waals surface area contributed by atoms with Gasteiger partial charge in [-0.15, -0.1) is 0 Å². The smallest absolute Gasteiger partial charge is 0.266 e. The molecule has 1 aromatic heterocycles. The highest BCUT2D eigenvalue weighted by Gasteiger charge is 2.18. The van der Waals surface area contributed by atoms with Crippen molar-refractivity contribution >= 4 is 40.0 Å². The number of anilines is 1. The molecule has 4 rings (SSSR count). The largest absolute Gasteiger partial charge is 0.326 e. The predicted octanol–water partition coefficient (Wildman–Crippen LogP) is 4.99. The summed E-state index contributed by atoms with van der Waals surface area (Å²) in [4.78, 5) is 41.9. The first-order chi connectivity index (χ1) is 16.4. The van der Waals surface area contributed by atoms with Crippen LogP contribution in [-0.2, 0) is 4.79 Å². The molecule has 0 saturated carbocycles. The second-order valence-electron chi connectivity index (χ2n) is 7.34. The molecule has 0 saturated heterocycles. The Hall–Kier alpha value is -3.85. The minimum atomic E-state index is -0.919. The number of para-hydroxylation sites is 1. The molecule has 0 aliphatic heterocycles. The van der Waals surface area contributed by atoms with Gasteiger partial charge in [-0.25, -0.2) is 13.8 Å². The number of fused-ring (bicyclic) bond motifs is 1. The molecule has 0 bridgehead atoms. The molecule has 1 amide bonds. The molecule has 0 unspecified atom stereocenters. The third kappa shape index (κ3) is 4.89. The van der Waals surface area contributed by atoms with Gasteiger partial charge in [0.1, 0.15) is 11.6 Å². The van der Waals surface area contributed by atoms with Crippen molar-refractivity contribution in [3.8, 4) is 5.69 Å². The van der Waals surface area contributed by atoms with E-state index in [0.29, 0.717) is 29.3 Å². The predicted molar refractivity (Wildman–Crippen MR) is 128 cm³/mol. The molecule has 0 fully saturated rings. The van der Waals surface area contributed by atoms with Gasteiger partial charge in [-0.2, -0.15) is 0 Å². The van der Waals surface area contributed by atoms with E-state index in [1.54, 1.807) is 55.5 Å². The van der Waals surface area contributed by atoms with Gasteiger partial charge in [0.15, 0.2) is 10.9 Å². The second kappa shape index (κ2) is 9.96. The van der Waals surface area contributed by atoms with Gasteiger partial charge in [0.25, 0.3) is 5.56 Å². The van der Waals surface area contributed by atoms with Gasteiger partial charge >= 0.3 is 0 Å². The minimum Gasteiger partial charge on any atom is -0.326 e. The summed E-state index contributed by atoms with van der Waals surface area (Å²) < 4.78 is 29.1. The normalized spacial score (nSPS) is 10.9. The average molecular weight is 480 g/mol. The third-order valence-corrected chi connectivity index (χ3v) is 5.98. The van der Waals surface area contributed by atoms with Gasteiger partial charge in [-0.3, -0.25) is 19.0 Å². The maximum Gasteiger partial charge on any atom is 0.266 e. The minimum absolute atomic E-state index is 0.0751. The molecule has 3 aromatic carbocycles. The zero-order valence-corrected chi connectivity index (χ0v) is 18.9. The van der Waals surface area contributed by atoms with Crippen LogP contribution in [0.1, 0.15) is 23.7 Å². The Balaban J connectivity index is 1.65. The van der Waals surface area contributed by atoms with Crippen LogP contribution in [0.3, 0.4) is 0 Å². The van der Waals surface area contributed by atoms with Gasteiger partial charge in [0, 0.05) is 23.7 Å². The number of thioether (sulfide) groups is 1. The topological polar surface area (TPSA) is 81.1 Å². The number of carbonyl (C=O) groups excluding carboxylic acids is 2. The SMILES string of the molecule is CCC(=O)Nc1ccc(C(=O)CSc2nc3ccccc3c(=O)n2-c2ccc(F)cc2F)cc1. The van der Waals surface area contributed by atoms with E-state index in [9.17, 15) is 23.2 Å². The highest BCUT2D eigenvalue weighted by molar-refractivity contribution is 7.99. The summed E-state index contributed by atoms with van der Waals surface area (Å²) in [5.74, 6) is -2.15. The number of halogens is 2. The van der Waals surface area contributed by atoms with Gasteiger partial charge in [-0.1, -0.05) is 30.8 Å². The molecule has 4 aromatic rings. The first kappa shape index (κ1) is 23.3. The Morgan fingerprint density at radius 1 is 1.03 bits per heavy atom. The van der Waals surface area contributed by atoms with Crippen molar-refractivity contribution in [2.45, 2.75) is 18.5 Å². The molecular weight excluding hydrogens is 460 g/mol. The van der Waals surface area contributed by atoms with E-state index >= 15 is 0 Å². The van der Waals surface area contributed by atoms with Crippen LogP contribution in [0.4, 0.5) is 14.5 Å². The van der Waals surface area contributed by atoms with Crippen LogP contribution in [-0.4, -0.2) is 27.0 Å². The first-order valence-electron chi connectivity index (χ1n) is 10.4. The maximum atomic E-state index is 14.6. The number of hydrogen-bond acceptors (Lipinski definition) is 5. The summed E-state index contributed by atoms with van der Waals surface area (Å²) >= 11 is 0.977. The lowest BCUT2D eigenvalue weighted by Crippen LogP contribution is -2.23. The fourth-order valence-corrected chi connectivity index (χ4v) is 4.19. The fraction of sp³-hybridized carbons (Fsp3) is 0.120. The zero-order chi connectivity index (χ0) is 24.2. The Morgan fingerprint density at radius 2 is 1.76 bits per heavy atom. The number of ketones is 1. The molecule has 0 aliphatic carbocycles. The van der Waals surface area contributed by atoms with Crippen LogP contribution < -0.4 is 10.9 Å². The molecule has 0 atom stereocenters. The first-order valence-corrected chi connectivity index (χ1v) is 11.4. The molecule has 9 heteroatoms. The van der Waals surface area contributed by atoms with Gasteiger partial charge in [0.2, 0.25) is 5.91 Å². The standard InChI is InChI=1S/C25H19F2N3O3S/c1-2-23(32)28-17-10-7-15(8-11-17)22(31)14-34-25-29-20-6-4-3-5-18(20)24(33)30(25)21-12-9-16(26)13-19(21)27/h3-13H,2,14H2,1H3,(H,28,32). The average Bonchev–Trinajstić information content (AvgIpc) is 2.84. The summed E-state index contributed by atoms with van der Waals surface area (Å²) in [6, 6.07) is 16.0. The van der Waals surface area contributed by atoms with E-state index in [-0.39, 0.29) is 33.7 Å². The number of carbonyl (C=O) groups is 2. The van der Waals surface area contributed by atoms with Gasteiger partial charge in [-0.05, 0) is 48.5 Å². The Bertz CT molecular complexity index is 1450. The molecule has 0 aliphatic rings. The monoisotopic (exact) mass is 479 g/mol. The number of nitrogens with zero attached hydrogens (tertiary/aromatic N) is 2. The summed E-state index contributed by atoms with van der Waals surface area (Å²) in [6.45, 7) is 1.74. The quantitative estimate of drug-likeness (QED) is 0.230. The number of hydrogen-bond donors (Lipinski definition) is 1. The van der Waals surface area contributed by atoms with Gasteiger partial charge < -0.3 is 5.32 Å². The third-order valence-electron chi connectivity index (χ3n) is 5.04. The number of Topliss-reactive ketones (excluding diaryl/α,β-unsaturated/α-hetero) is 1. The van der Waals surface area contributed by atoms with Crippen LogP contribution in [0.2, 0.25) is 0 Å². The van der Waals surface area contributed by atoms with Crippen LogP contribution in [0, 0.1) is 11.6 Å². The van der Waals surface area contributed by atoms with E-state index in [2.05, 4.69) is 10.3 Å². The Labute approximate surface area is 197 Å². The van der Waals surface area contributed by atoms with Crippen LogP contribution >= 0.6 is 11.8 Å². The number of benzene rings is 3. The van der Waals surface area contributed by atoms with Crippen molar-refractivity contribution in [3.63, 3.8) is 0 Å². The second-order valence-corrected chi connectivity index (χ2v) is 8.28. The van der Waals surface area contributed by atoms with E-state index in [1.807, 2.05) is 0 Å². The summed E-state index contributed by atoms with van der Waals surface area (Å²) in [5.41, 5.74) is 0.701. The lowest BCUT2D eigenvalue weighted by atomic mass is 10.1. The fourth-order valence-electron chi connectivity index (χ4n) is 3.29. The summed E-state index contributed by atoms with van der Waals surface area (Å²) in [5, 5.41) is 3.08. The number of rotatable bonds is 7. The summed E-state index contributed by atoms with van der Waals surface area (Å²) in [6.07, 6.45) is 0.340. The lowest BCUT2D eigenvalue weighted by Gasteiger charge is -2.14. The van der Waals surface area contributed by atoms with Crippen molar-refractivity contribution in [2.75, 3.05) is 11.1 Å². The van der Waals surface area contributed by atoms with Crippen molar-refractivity contribution in [1.82, 2.24) is 9.55 Å². The Kier molecular flexibility index (Phi) is 6.83. The van der Waals surface area contributed by atoms with Crippen molar-refractivity contribution in [3.05, 3.63) is 94.3 Å². The highest BCUT2D eigenvalue weighted by atomic mass is 32.2. The van der Waals surface area contributed by atoms with Crippen LogP contribution in [0.15, 0.2) is 76.7 Å². The molecule has 0 spiro atoms. The molecule has 34 heavy (non-hydrogen) atoms. The molecule has 6 nitrogen and oxygen atoms in total. The number of aromatic nitrogens is 2. The van der Waals surface area contributed by atoms with Crippen molar-refractivity contribution < 1.29 is 18.4 Å². The molecule has 0 radical (unpaired) electrons. The van der Waals surface area contributed by atoms with Crippen LogP contribution in [0.5, 0.6) is 0 Å². The van der Waals surface area contributed by atoms with E-state index < -0.39 is 17.2 Å². The molecule has 1 N–H and O–H groups in total. The zero-order valence-electron chi connectivity index (χ0n) is 18.0.